The average molecular weight is 573 g/mol. The summed E-state index contributed by atoms with van der Waals surface area (Å²) in [6, 6.07) is 17.9. The van der Waals surface area contributed by atoms with Crippen LogP contribution in [0, 0.1) is 0 Å². The minimum absolute atomic E-state index is 0.108. The number of ether oxygens (including phenoxy) is 1. The summed E-state index contributed by atoms with van der Waals surface area (Å²) in [5.74, 6) is -0.217. The van der Waals surface area contributed by atoms with Crippen LogP contribution in [0.4, 0.5) is 10.5 Å². The van der Waals surface area contributed by atoms with E-state index in [1.807, 2.05) is 42.5 Å². The van der Waals surface area contributed by atoms with E-state index in [0.717, 1.165) is 11.3 Å². The van der Waals surface area contributed by atoms with E-state index >= 15 is 0 Å². The Balaban J connectivity index is 2.07. The van der Waals surface area contributed by atoms with Crippen molar-refractivity contribution in [2.45, 2.75) is 79.2 Å². The number of hydrogen-bond acceptors (Lipinski definition) is 3. The van der Waals surface area contributed by atoms with Gasteiger partial charge in [0, 0.05) is 0 Å². The van der Waals surface area contributed by atoms with Gasteiger partial charge in [-0.3, -0.25) is 0 Å². The van der Waals surface area contributed by atoms with Crippen molar-refractivity contribution in [2.75, 3.05) is 11.9 Å². The van der Waals surface area contributed by atoms with E-state index < -0.39 is 24.5 Å². The Hall–Kier alpha value is -2.02. The topological polar surface area (TPSA) is 67.4 Å². The van der Waals surface area contributed by atoms with Crippen molar-refractivity contribution in [1.82, 2.24) is 5.32 Å². The number of amides is 2. The maximum absolute atomic E-state index is 12.8. The zero-order chi connectivity index (χ0) is 24.7. The standard InChI is InChI=1S/C16H15N2O3.3C4H9.Sn/c19-15(18-14-9-5-2-6-10-14)11-17-16(20)21-12-13-7-3-1-4-8-13;3*1-3-4-2;/h1-9H,11-12H2,(H,17,20)(H,18,19);3*1,3-4H2,2H3;. The molecule has 2 amide bonds. The Morgan fingerprint density at radius 2 is 1.35 bits per heavy atom. The molecule has 2 N–H and O–H groups in total. The van der Waals surface area contributed by atoms with Crippen molar-refractivity contribution in [2.24, 2.45) is 0 Å². The number of carbonyl (C=O) groups excluding carboxylic acids is 2. The zero-order valence-corrected chi connectivity index (χ0v) is 24.1. The van der Waals surface area contributed by atoms with Gasteiger partial charge in [-0.25, -0.2) is 0 Å². The molecule has 0 spiro atoms. The fourth-order valence-corrected chi connectivity index (χ4v) is 21.1. The molecular formula is C28H42N2O3Sn. The second-order valence-corrected chi connectivity index (χ2v) is 22.2. The van der Waals surface area contributed by atoms with E-state index in [0.29, 0.717) is 0 Å². The first kappa shape index (κ1) is 28.2. The van der Waals surface area contributed by atoms with Gasteiger partial charge in [-0.1, -0.05) is 6.07 Å². The van der Waals surface area contributed by atoms with Gasteiger partial charge < -0.3 is 0 Å². The fourth-order valence-electron chi connectivity index (χ4n) is 4.50. The Morgan fingerprint density at radius 1 is 0.794 bits per heavy atom. The summed E-state index contributed by atoms with van der Waals surface area (Å²) < 4.78 is 10.7. The van der Waals surface area contributed by atoms with Gasteiger partial charge in [-0.2, -0.15) is 0 Å². The van der Waals surface area contributed by atoms with E-state index in [1.165, 1.54) is 55.4 Å². The number of unbranched alkanes of at least 4 members (excludes halogenated alkanes) is 3. The van der Waals surface area contributed by atoms with Crippen LogP contribution in [-0.2, 0) is 16.1 Å². The summed E-state index contributed by atoms with van der Waals surface area (Å²) in [6.45, 7) is 6.88. The van der Waals surface area contributed by atoms with Crippen LogP contribution >= 0.6 is 0 Å². The molecule has 0 radical (unpaired) electrons. The van der Waals surface area contributed by atoms with E-state index in [9.17, 15) is 9.59 Å². The Kier molecular flexibility index (Phi) is 13.1. The molecule has 0 aliphatic carbocycles. The molecule has 5 nitrogen and oxygen atoms in total. The van der Waals surface area contributed by atoms with Crippen molar-refractivity contribution >= 4 is 39.6 Å². The van der Waals surface area contributed by atoms with Crippen molar-refractivity contribution in [3.05, 3.63) is 60.2 Å². The number of anilines is 1. The van der Waals surface area contributed by atoms with Crippen molar-refractivity contribution in [3.8, 4) is 0 Å². The van der Waals surface area contributed by atoms with Crippen molar-refractivity contribution in [1.29, 1.82) is 0 Å². The number of hydrogen-bond donors (Lipinski definition) is 2. The van der Waals surface area contributed by atoms with Crippen LogP contribution in [0.3, 0.4) is 0 Å². The van der Waals surface area contributed by atoms with Gasteiger partial charge in [0.2, 0.25) is 0 Å². The van der Waals surface area contributed by atoms with E-state index in [-0.39, 0.29) is 19.1 Å². The van der Waals surface area contributed by atoms with Gasteiger partial charge in [-0.05, 0) is 0 Å². The minimum atomic E-state index is -2.71. The summed E-state index contributed by atoms with van der Waals surface area (Å²) >= 11 is -2.71. The third-order valence-electron chi connectivity index (χ3n) is 6.41. The third kappa shape index (κ3) is 9.32. The van der Waals surface area contributed by atoms with Crippen LogP contribution in [0.2, 0.25) is 13.3 Å². The second kappa shape index (κ2) is 15.8. The first-order valence-corrected chi connectivity index (χ1v) is 20.4. The quantitative estimate of drug-likeness (QED) is 0.236. The summed E-state index contributed by atoms with van der Waals surface area (Å²) in [5, 5.41) is 5.70. The molecule has 0 aliphatic rings. The molecule has 0 saturated carbocycles. The predicted molar refractivity (Wildman–Crippen MR) is 144 cm³/mol. The second-order valence-electron chi connectivity index (χ2n) is 9.10. The zero-order valence-electron chi connectivity index (χ0n) is 21.2. The number of alkyl carbamates (subject to hydrolysis) is 1. The molecule has 34 heavy (non-hydrogen) atoms. The summed E-state index contributed by atoms with van der Waals surface area (Å²) in [6.07, 6.45) is 6.83. The van der Waals surface area contributed by atoms with Crippen molar-refractivity contribution < 1.29 is 14.3 Å². The van der Waals surface area contributed by atoms with Gasteiger partial charge in [-0.15, -0.1) is 0 Å². The Morgan fingerprint density at radius 3 is 1.94 bits per heavy atom. The maximum atomic E-state index is 12.8. The normalized spacial score (nSPS) is 11.1. The van der Waals surface area contributed by atoms with Crippen LogP contribution in [-0.4, -0.2) is 36.9 Å². The molecule has 0 atom stereocenters. The average Bonchev–Trinajstić information content (AvgIpc) is 2.87. The molecule has 0 aromatic heterocycles. The number of carbonyl (C=O) groups is 2. The van der Waals surface area contributed by atoms with Gasteiger partial charge in [0.15, 0.2) is 0 Å². The van der Waals surface area contributed by atoms with E-state index in [2.05, 4.69) is 43.5 Å². The van der Waals surface area contributed by atoms with Gasteiger partial charge in [0.1, 0.15) is 0 Å². The molecule has 2 aromatic rings. The summed E-state index contributed by atoms with van der Waals surface area (Å²) in [5.41, 5.74) is 1.86. The summed E-state index contributed by atoms with van der Waals surface area (Å²) in [7, 11) is 0. The van der Waals surface area contributed by atoms with Crippen LogP contribution in [0.15, 0.2) is 54.6 Å². The molecule has 0 aliphatic heterocycles. The predicted octanol–water partition coefficient (Wildman–Crippen LogP) is 6.61. The fraction of sp³-hybridized carbons (Fsp3) is 0.500. The molecule has 0 unspecified atom stereocenters. The van der Waals surface area contributed by atoms with E-state index in [1.54, 1.807) is 0 Å². The van der Waals surface area contributed by atoms with Crippen LogP contribution in [0.1, 0.15) is 64.9 Å². The molecule has 0 fully saturated rings. The van der Waals surface area contributed by atoms with Crippen molar-refractivity contribution in [3.63, 3.8) is 0 Å². The Bertz CT molecular complexity index is 851. The molecular weight excluding hydrogens is 531 g/mol. The number of benzene rings is 2. The monoisotopic (exact) mass is 574 g/mol. The molecule has 2 aromatic carbocycles. The molecule has 0 saturated heterocycles. The first-order valence-electron chi connectivity index (χ1n) is 12.9. The van der Waals surface area contributed by atoms with E-state index in [4.69, 9.17) is 4.74 Å². The molecule has 0 bridgehead atoms. The third-order valence-corrected chi connectivity index (χ3v) is 22.1. The van der Waals surface area contributed by atoms with Crippen LogP contribution in [0.25, 0.3) is 0 Å². The van der Waals surface area contributed by atoms with Crippen LogP contribution in [0.5, 0.6) is 0 Å². The molecule has 0 heterocycles. The number of para-hydroxylation sites is 1. The SMILES string of the molecule is CCC[CH2][Sn]([CH2]CCC)([CH2]CCC)[c]1ccccc1NC(=O)CNC(=O)OCc1ccccc1. The van der Waals surface area contributed by atoms with Crippen LogP contribution < -0.4 is 14.2 Å². The summed E-state index contributed by atoms with van der Waals surface area (Å²) in [4.78, 5) is 24.8. The molecule has 186 valence electrons. The molecule has 2 rings (SSSR count). The molecule has 6 heteroatoms. The Labute approximate surface area is 209 Å². The number of rotatable bonds is 15. The van der Waals surface area contributed by atoms with Gasteiger partial charge >= 0.3 is 204 Å². The first-order chi connectivity index (χ1) is 16.5. The number of nitrogens with one attached hydrogen (secondary N) is 2. The van der Waals surface area contributed by atoms with Gasteiger partial charge in [0.25, 0.3) is 0 Å². The van der Waals surface area contributed by atoms with Gasteiger partial charge in [0.05, 0.1) is 0 Å².